The zero-order chi connectivity index (χ0) is 14.5. The lowest BCUT2D eigenvalue weighted by Gasteiger charge is -2.21. The van der Waals surface area contributed by atoms with Crippen molar-refractivity contribution in [3.63, 3.8) is 0 Å². The summed E-state index contributed by atoms with van der Waals surface area (Å²) in [5, 5.41) is 22.6. The van der Waals surface area contributed by atoms with Gasteiger partial charge < -0.3 is 15.5 Å². The van der Waals surface area contributed by atoms with Crippen LogP contribution in [0.25, 0.3) is 0 Å². The topological polar surface area (TPSA) is 52.5 Å². The molecule has 0 aliphatic heterocycles. The Morgan fingerprint density at radius 1 is 1.00 bits per heavy atom. The van der Waals surface area contributed by atoms with Crippen molar-refractivity contribution in [2.75, 3.05) is 0 Å². The van der Waals surface area contributed by atoms with Gasteiger partial charge in [-0.15, -0.1) is 0 Å². The summed E-state index contributed by atoms with van der Waals surface area (Å²) < 4.78 is 0. The molecule has 0 saturated carbocycles. The molecule has 3 heteroatoms. The maximum atomic E-state index is 9.86. The van der Waals surface area contributed by atoms with Gasteiger partial charge in [0.2, 0.25) is 0 Å². The van der Waals surface area contributed by atoms with E-state index in [-0.39, 0.29) is 17.5 Å². The van der Waals surface area contributed by atoms with Crippen molar-refractivity contribution in [1.82, 2.24) is 5.32 Å². The van der Waals surface area contributed by atoms with Crippen LogP contribution in [-0.2, 0) is 6.42 Å². The van der Waals surface area contributed by atoms with Crippen LogP contribution in [0.15, 0.2) is 48.5 Å². The van der Waals surface area contributed by atoms with Crippen LogP contribution in [0.5, 0.6) is 11.5 Å². The number of nitrogens with one attached hydrogen (secondary N) is 1. The second-order valence-corrected chi connectivity index (χ2v) is 5.22. The number of rotatable bonds is 5. The van der Waals surface area contributed by atoms with Crippen molar-refractivity contribution in [3.8, 4) is 11.5 Å². The first-order chi connectivity index (χ1) is 9.56. The Bertz CT molecular complexity index is 554. The van der Waals surface area contributed by atoms with Gasteiger partial charge in [0, 0.05) is 23.7 Å². The molecule has 2 aromatic rings. The molecule has 0 amide bonds. The second kappa shape index (κ2) is 6.44. The van der Waals surface area contributed by atoms with E-state index in [2.05, 4.69) is 24.4 Å². The number of hydrogen-bond donors (Lipinski definition) is 3. The molecule has 3 N–H and O–H groups in total. The standard InChI is InChI=1S/C17H21NO2/c1-12(10-14-6-4-3-5-7-14)18-13(2)16-9-8-15(19)11-17(16)20/h3-9,11-13,18-20H,10H2,1-2H3. The summed E-state index contributed by atoms with van der Waals surface area (Å²) in [4.78, 5) is 0. The smallest absolute Gasteiger partial charge is 0.124 e. The number of phenolic OH excluding ortho intramolecular Hbond substituents is 2. The van der Waals surface area contributed by atoms with Crippen LogP contribution < -0.4 is 5.32 Å². The van der Waals surface area contributed by atoms with Crippen LogP contribution in [-0.4, -0.2) is 16.3 Å². The summed E-state index contributed by atoms with van der Waals surface area (Å²) in [7, 11) is 0. The van der Waals surface area contributed by atoms with E-state index in [1.165, 1.54) is 11.6 Å². The zero-order valence-electron chi connectivity index (χ0n) is 11.9. The van der Waals surface area contributed by atoms with E-state index in [0.717, 1.165) is 12.0 Å². The van der Waals surface area contributed by atoms with Gasteiger partial charge in [-0.1, -0.05) is 36.4 Å². The average Bonchev–Trinajstić information content (AvgIpc) is 2.39. The van der Waals surface area contributed by atoms with E-state index in [1.54, 1.807) is 12.1 Å². The highest BCUT2D eigenvalue weighted by atomic mass is 16.3. The van der Waals surface area contributed by atoms with Crippen molar-refractivity contribution in [1.29, 1.82) is 0 Å². The van der Waals surface area contributed by atoms with Crippen molar-refractivity contribution in [2.24, 2.45) is 0 Å². The molecule has 2 atom stereocenters. The molecule has 0 aliphatic carbocycles. The molecule has 0 aromatic heterocycles. The van der Waals surface area contributed by atoms with E-state index in [4.69, 9.17) is 0 Å². The fourth-order valence-electron chi connectivity index (χ4n) is 2.44. The van der Waals surface area contributed by atoms with Crippen molar-refractivity contribution in [2.45, 2.75) is 32.4 Å². The third-order valence-electron chi connectivity index (χ3n) is 3.40. The lowest BCUT2D eigenvalue weighted by Crippen LogP contribution is -2.30. The van der Waals surface area contributed by atoms with Gasteiger partial charge in [-0.05, 0) is 31.9 Å². The highest BCUT2D eigenvalue weighted by molar-refractivity contribution is 5.40. The zero-order valence-corrected chi connectivity index (χ0v) is 11.9. The normalized spacial score (nSPS) is 13.9. The van der Waals surface area contributed by atoms with Crippen molar-refractivity contribution < 1.29 is 10.2 Å². The van der Waals surface area contributed by atoms with Crippen LogP contribution in [0.1, 0.15) is 31.0 Å². The van der Waals surface area contributed by atoms with E-state index in [9.17, 15) is 10.2 Å². The Morgan fingerprint density at radius 2 is 1.70 bits per heavy atom. The van der Waals surface area contributed by atoms with Crippen LogP contribution in [0.4, 0.5) is 0 Å². The lowest BCUT2D eigenvalue weighted by molar-refractivity contribution is 0.424. The van der Waals surface area contributed by atoms with Gasteiger partial charge in [0.15, 0.2) is 0 Å². The Balaban J connectivity index is 1.98. The van der Waals surface area contributed by atoms with Crippen molar-refractivity contribution in [3.05, 3.63) is 59.7 Å². The molecule has 106 valence electrons. The molecular formula is C17H21NO2. The van der Waals surface area contributed by atoms with Crippen LogP contribution in [0, 0.1) is 0 Å². The summed E-state index contributed by atoms with van der Waals surface area (Å²) >= 11 is 0. The fraction of sp³-hybridized carbons (Fsp3) is 0.294. The highest BCUT2D eigenvalue weighted by Gasteiger charge is 2.13. The van der Waals surface area contributed by atoms with E-state index < -0.39 is 0 Å². The molecule has 0 spiro atoms. The largest absolute Gasteiger partial charge is 0.508 e. The first kappa shape index (κ1) is 14.4. The van der Waals surface area contributed by atoms with Crippen molar-refractivity contribution >= 4 is 0 Å². The number of benzene rings is 2. The predicted molar refractivity (Wildman–Crippen MR) is 80.9 cm³/mol. The molecule has 0 aliphatic rings. The van der Waals surface area contributed by atoms with E-state index in [1.807, 2.05) is 25.1 Å². The molecule has 0 saturated heterocycles. The molecule has 0 heterocycles. The summed E-state index contributed by atoms with van der Waals surface area (Å²) in [5.74, 6) is 0.202. The Morgan fingerprint density at radius 3 is 2.35 bits per heavy atom. The van der Waals surface area contributed by atoms with Gasteiger partial charge in [0.05, 0.1) is 0 Å². The van der Waals surface area contributed by atoms with Gasteiger partial charge in [-0.25, -0.2) is 0 Å². The second-order valence-electron chi connectivity index (χ2n) is 5.22. The minimum Gasteiger partial charge on any atom is -0.508 e. The molecule has 20 heavy (non-hydrogen) atoms. The van der Waals surface area contributed by atoms with Gasteiger partial charge in [-0.3, -0.25) is 0 Å². The maximum Gasteiger partial charge on any atom is 0.124 e. The molecule has 0 radical (unpaired) electrons. The van der Waals surface area contributed by atoms with Gasteiger partial charge >= 0.3 is 0 Å². The first-order valence-corrected chi connectivity index (χ1v) is 6.88. The molecule has 0 bridgehead atoms. The van der Waals surface area contributed by atoms with Gasteiger partial charge in [-0.2, -0.15) is 0 Å². The minimum atomic E-state index is 0.0225. The summed E-state index contributed by atoms with van der Waals surface area (Å²) in [6.45, 7) is 4.13. The molecule has 2 unspecified atom stereocenters. The minimum absolute atomic E-state index is 0.0225. The lowest BCUT2D eigenvalue weighted by atomic mass is 10.0. The molecule has 3 nitrogen and oxygen atoms in total. The first-order valence-electron chi connectivity index (χ1n) is 6.88. The molecule has 2 rings (SSSR count). The molecule has 2 aromatic carbocycles. The monoisotopic (exact) mass is 271 g/mol. The summed E-state index contributed by atoms with van der Waals surface area (Å²) in [6, 6.07) is 15.3. The maximum absolute atomic E-state index is 9.86. The SMILES string of the molecule is CC(Cc1ccccc1)NC(C)c1ccc(O)cc1O. The average molecular weight is 271 g/mol. The Hall–Kier alpha value is -2.00. The predicted octanol–water partition coefficient (Wildman–Crippen LogP) is 3.38. The Labute approximate surface area is 119 Å². The third kappa shape index (κ3) is 3.75. The fourth-order valence-corrected chi connectivity index (χ4v) is 2.44. The number of aromatic hydroxyl groups is 2. The quantitative estimate of drug-likeness (QED) is 0.781. The van der Waals surface area contributed by atoms with Crippen LogP contribution in [0.2, 0.25) is 0 Å². The number of hydrogen-bond acceptors (Lipinski definition) is 3. The molecule has 0 fully saturated rings. The molecular weight excluding hydrogens is 250 g/mol. The van der Waals surface area contributed by atoms with Crippen LogP contribution in [0.3, 0.4) is 0 Å². The van der Waals surface area contributed by atoms with Gasteiger partial charge in [0.1, 0.15) is 11.5 Å². The Kier molecular flexibility index (Phi) is 4.64. The summed E-state index contributed by atoms with van der Waals surface area (Å²) in [5.41, 5.74) is 2.08. The van der Waals surface area contributed by atoms with Gasteiger partial charge in [0.25, 0.3) is 0 Å². The number of phenols is 2. The summed E-state index contributed by atoms with van der Waals surface area (Å²) in [6.07, 6.45) is 0.935. The van der Waals surface area contributed by atoms with E-state index in [0.29, 0.717) is 6.04 Å². The van der Waals surface area contributed by atoms with E-state index >= 15 is 0 Å². The third-order valence-corrected chi connectivity index (χ3v) is 3.40. The van der Waals surface area contributed by atoms with Crippen LogP contribution >= 0.6 is 0 Å². The highest BCUT2D eigenvalue weighted by Crippen LogP contribution is 2.28.